The van der Waals surface area contributed by atoms with Crippen LogP contribution >= 0.6 is 0 Å². The molecule has 1 heterocycles. The van der Waals surface area contributed by atoms with E-state index in [0.29, 0.717) is 5.39 Å². The summed E-state index contributed by atoms with van der Waals surface area (Å²) in [5.74, 6) is 0.788. The highest BCUT2D eigenvalue weighted by Crippen LogP contribution is 2.39. The van der Waals surface area contributed by atoms with Crippen molar-refractivity contribution in [2.75, 3.05) is 7.11 Å². The lowest BCUT2D eigenvalue weighted by Gasteiger charge is -2.31. The van der Waals surface area contributed by atoms with Gasteiger partial charge < -0.3 is 14.6 Å². The fourth-order valence-corrected chi connectivity index (χ4v) is 4.50. The Balaban J connectivity index is 1.62. The number of ether oxygens (including phenoxy) is 1. The van der Waals surface area contributed by atoms with Crippen molar-refractivity contribution < 1.29 is 9.53 Å². The first kappa shape index (κ1) is 19.2. The molecule has 29 heavy (non-hydrogen) atoms. The third kappa shape index (κ3) is 3.65. The number of hydrogen-bond acceptors (Lipinski definition) is 3. The molecular formula is C24H26N2O3. The summed E-state index contributed by atoms with van der Waals surface area (Å²) in [5.41, 5.74) is 1.60. The molecule has 1 aliphatic carbocycles. The van der Waals surface area contributed by atoms with E-state index in [2.05, 4.69) is 5.32 Å². The molecule has 4 rings (SSSR count). The molecule has 1 saturated carbocycles. The molecule has 2 aromatic carbocycles. The van der Waals surface area contributed by atoms with E-state index in [4.69, 9.17) is 4.74 Å². The number of hydrogen-bond donors (Lipinski definition) is 1. The molecule has 0 unspecified atom stereocenters. The van der Waals surface area contributed by atoms with Gasteiger partial charge in [-0.2, -0.15) is 0 Å². The molecule has 0 bridgehead atoms. The number of rotatable bonds is 5. The number of amides is 1. The Morgan fingerprint density at radius 1 is 1.07 bits per heavy atom. The van der Waals surface area contributed by atoms with Gasteiger partial charge >= 0.3 is 0 Å². The number of benzene rings is 2. The van der Waals surface area contributed by atoms with Crippen LogP contribution in [0.5, 0.6) is 5.75 Å². The van der Waals surface area contributed by atoms with Crippen molar-refractivity contribution in [2.24, 2.45) is 7.05 Å². The van der Waals surface area contributed by atoms with Crippen LogP contribution < -0.4 is 15.6 Å². The second kappa shape index (κ2) is 7.74. The van der Waals surface area contributed by atoms with E-state index >= 15 is 0 Å². The lowest BCUT2D eigenvalue weighted by Crippen LogP contribution is -2.44. The Hall–Kier alpha value is -3.08. The number of methoxy groups -OCH3 is 1. The maximum Gasteiger partial charge on any atom is 0.258 e. The molecule has 5 heteroatoms. The second-order valence-corrected chi connectivity index (χ2v) is 7.86. The Labute approximate surface area is 170 Å². The summed E-state index contributed by atoms with van der Waals surface area (Å²) >= 11 is 0. The quantitative estimate of drug-likeness (QED) is 0.723. The molecule has 0 atom stereocenters. The zero-order valence-electron chi connectivity index (χ0n) is 16.9. The Morgan fingerprint density at radius 2 is 1.72 bits per heavy atom. The van der Waals surface area contributed by atoms with Crippen molar-refractivity contribution in [3.05, 3.63) is 76.2 Å². The molecule has 0 saturated heterocycles. The van der Waals surface area contributed by atoms with Gasteiger partial charge in [-0.1, -0.05) is 43.2 Å². The van der Waals surface area contributed by atoms with Gasteiger partial charge in [-0.3, -0.25) is 9.59 Å². The first-order valence-corrected chi connectivity index (χ1v) is 10.1. The number of nitrogens with zero attached hydrogens (tertiary/aromatic N) is 1. The monoisotopic (exact) mass is 390 g/mol. The molecule has 0 spiro atoms. The molecular weight excluding hydrogens is 364 g/mol. The number of carbonyl (C=O) groups is 1. The van der Waals surface area contributed by atoms with Crippen molar-refractivity contribution in [1.82, 2.24) is 9.88 Å². The normalized spacial score (nSPS) is 15.4. The number of aromatic nitrogens is 1. The van der Waals surface area contributed by atoms with Gasteiger partial charge in [0.05, 0.1) is 19.1 Å². The van der Waals surface area contributed by atoms with Crippen LogP contribution in [0.4, 0.5) is 0 Å². The molecule has 1 aromatic heterocycles. The Kier molecular flexibility index (Phi) is 5.14. The van der Waals surface area contributed by atoms with Crippen molar-refractivity contribution in [2.45, 2.75) is 37.6 Å². The van der Waals surface area contributed by atoms with Crippen molar-refractivity contribution in [3.63, 3.8) is 0 Å². The molecule has 1 N–H and O–H groups in total. The predicted molar refractivity (Wildman–Crippen MR) is 114 cm³/mol. The second-order valence-electron chi connectivity index (χ2n) is 7.86. The summed E-state index contributed by atoms with van der Waals surface area (Å²) in [4.78, 5) is 25.5. The molecule has 150 valence electrons. The maximum atomic E-state index is 13.1. The van der Waals surface area contributed by atoms with Crippen LogP contribution in [0.3, 0.4) is 0 Å². The van der Waals surface area contributed by atoms with Crippen molar-refractivity contribution in [3.8, 4) is 5.75 Å². The van der Waals surface area contributed by atoms with Gasteiger partial charge in [0.2, 0.25) is 5.91 Å². The van der Waals surface area contributed by atoms with Crippen LogP contribution in [-0.4, -0.2) is 17.6 Å². The topological polar surface area (TPSA) is 60.3 Å². The number of aryl methyl sites for hydroxylation is 1. The largest absolute Gasteiger partial charge is 0.497 e. The maximum absolute atomic E-state index is 13.1. The highest BCUT2D eigenvalue weighted by atomic mass is 16.5. The van der Waals surface area contributed by atoms with Crippen LogP contribution in [0.15, 0.2) is 59.5 Å². The molecule has 1 amide bonds. The van der Waals surface area contributed by atoms with E-state index in [1.54, 1.807) is 24.9 Å². The van der Waals surface area contributed by atoms with Gasteiger partial charge in [0.1, 0.15) is 5.75 Å². The van der Waals surface area contributed by atoms with E-state index in [9.17, 15) is 9.59 Å². The van der Waals surface area contributed by atoms with E-state index in [0.717, 1.165) is 47.9 Å². The summed E-state index contributed by atoms with van der Waals surface area (Å²) < 4.78 is 6.83. The average Bonchev–Trinajstić information content (AvgIpc) is 3.21. The number of fused-ring (bicyclic) bond motifs is 1. The van der Waals surface area contributed by atoms with Gasteiger partial charge in [0.15, 0.2) is 0 Å². The highest BCUT2D eigenvalue weighted by Gasteiger charge is 2.37. The fraction of sp³-hybridized carbons (Fsp3) is 0.333. The van der Waals surface area contributed by atoms with Crippen LogP contribution in [0.25, 0.3) is 10.8 Å². The smallest absolute Gasteiger partial charge is 0.258 e. The predicted octanol–water partition coefficient (Wildman–Crippen LogP) is 3.68. The standard InChI is InChI=1S/C24H26N2O3/c1-26-16-17(20-7-3-4-8-21(20)23(26)28)15-22(27)25-24(13-5-6-14-24)18-9-11-19(29-2)12-10-18/h3-4,7-12,16H,5-6,13-15H2,1-2H3,(H,25,27). The SMILES string of the molecule is COc1ccc(C2(NC(=O)Cc3cn(C)c(=O)c4ccccc34)CCCC2)cc1. The summed E-state index contributed by atoms with van der Waals surface area (Å²) in [6.45, 7) is 0. The van der Waals surface area contributed by atoms with Crippen molar-refractivity contribution >= 4 is 16.7 Å². The van der Waals surface area contributed by atoms with E-state index in [1.165, 1.54) is 0 Å². The van der Waals surface area contributed by atoms with Gasteiger partial charge in [0, 0.05) is 18.6 Å². The minimum absolute atomic E-state index is 0.0217. The van der Waals surface area contributed by atoms with Crippen LogP contribution in [0.2, 0.25) is 0 Å². The van der Waals surface area contributed by atoms with Gasteiger partial charge in [-0.15, -0.1) is 0 Å². The molecule has 1 aliphatic rings. The van der Waals surface area contributed by atoms with Crippen LogP contribution in [0.1, 0.15) is 36.8 Å². The number of nitrogens with one attached hydrogen (secondary N) is 1. The first-order valence-electron chi connectivity index (χ1n) is 10.1. The summed E-state index contributed by atoms with van der Waals surface area (Å²) in [6, 6.07) is 15.5. The number of pyridine rings is 1. The minimum Gasteiger partial charge on any atom is -0.497 e. The zero-order chi connectivity index (χ0) is 20.4. The zero-order valence-corrected chi connectivity index (χ0v) is 16.9. The summed E-state index contributed by atoms with van der Waals surface area (Å²) in [5, 5.41) is 4.81. The van der Waals surface area contributed by atoms with Crippen LogP contribution in [0, 0.1) is 0 Å². The molecule has 5 nitrogen and oxygen atoms in total. The minimum atomic E-state index is -0.334. The highest BCUT2D eigenvalue weighted by molar-refractivity contribution is 5.89. The Morgan fingerprint density at radius 3 is 2.38 bits per heavy atom. The van der Waals surface area contributed by atoms with E-state index in [1.807, 2.05) is 48.5 Å². The van der Waals surface area contributed by atoms with Crippen molar-refractivity contribution in [1.29, 1.82) is 0 Å². The summed E-state index contributed by atoms with van der Waals surface area (Å²) in [6.07, 6.45) is 6.06. The fourth-order valence-electron chi connectivity index (χ4n) is 4.50. The first-order chi connectivity index (χ1) is 14.0. The van der Waals surface area contributed by atoms with E-state index in [-0.39, 0.29) is 23.4 Å². The number of carbonyl (C=O) groups excluding carboxylic acids is 1. The average molecular weight is 390 g/mol. The third-order valence-corrected chi connectivity index (χ3v) is 6.00. The lowest BCUT2D eigenvalue weighted by atomic mass is 9.87. The molecule has 0 aliphatic heterocycles. The third-order valence-electron chi connectivity index (χ3n) is 6.00. The van der Waals surface area contributed by atoms with Gasteiger partial charge in [0.25, 0.3) is 5.56 Å². The molecule has 0 radical (unpaired) electrons. The summed E-state index contributed by atoms with van der Waals surface area (Å²) in [7, 11) is 3.38. The Bertz CT molecular complexity index is 1090. The lowest BCUT2D eigenvalue weighted by molar-refractivity contribution is -0.122. The van der Waals surface area contributed by atoms with E-state index < -0.39 is 0 Å². The van der Waals surface area contributed by atoms with Crippen LogP contribution in [-0.2, 0) is 23.8 Å². The van der Waals surface area contributed by atoms with Gasteiger partial charge in [-0.25, -0.2) is 0 Å². The molecule has 3 aromatic rings. The van der Waals surface area contributed by atoms with Gasteiger partial charge in [-0.05, 0) is 47.6 Å². The molecule has 1 fully saturated rings.